The molecule has 1 aliphatic heterocycles. The molecule has 27 heavy (non-hydrogen) atoms. The molecule has 7 nitrogen and oxygen atoms in total. The molecule has 1 aliphatic rings. The summed E-state index contributed by atoms with van der Waals surface area (Å²) in [6, 6.07) is 14.7. The van der Waals surface area contributed by atoms with Gasteiger partial charge in [-0.1, -0.05) is 24.3 Å². The van der Waals surface area contributed by atoms with E-state index in [2.05, 4.69) is 10.6 Å². The molecule has 2 N–H and O–H groups in total. The van der Waals surface area contributed by atoms with Crippen LogP contribution in [0, 0.1) is 0 Å². The van der Waals surface area contributed by atoms with Crippen molar-refractivity contribution < 1.29 is 19.1 Å². The van der Waals surface area contributed by atoms with Crippen molar-refractivity contribution >= 4 is 29.3 Å². The molecule has 2 aromatic rings. The van der Waals surface area contributed by atoms with Gasteiger partial charge in [-0.3, -0.25) is 4.79 Å². The van der Waals surface area contributed by atoms with Crippen molar-refractivity contribution in [3.63, 3.8) is 0 Å². The molecule has 7 heteroatoms. The molecular weight excluding hydrogens is 346 g/mol. The molecule has 0 saturated carbocycles. The molecule has 1 unspecified atom stereocenters. The standard InChI is InChI=1S/C20H21N3O4/c1-2-27-19(25)14-7-6-8-15(13-14)21-20(26)22-17-11-12-23(18(17)24)16-9-4-3-5-10-16/h3-10,13,17H,2,11-12H2,1H3,(H2,21,22,26). The van der Waals surface area contributed by atoms with Crippen molar-refractivity contribution in [3.8, 4) is 0 Å². The molecule has 2 aromatic carbocycles. The predicted molar refractivity (Wildman–Crippen MR) is 102 cm³/mol. The van der Waals surface area contributed by atoms with Gasteiger partial charge in [-0.25, -0.2) is 9.59 Å². The summed E-state index contributed by atoms with van der Waals surface area (Å²) in [5.41, 5.74) is 1.61. The fraction of sp³-hybridized carbons (Fsp3) is 0.250. The van der Waals surface area contributed by atoms with Crippen LogP contribution in [0.5, 0.6) is 0 Å². The summed E-state index contributed by atoms with van der Waals surface area (Å²) in [5, 5.41) is 5.35. The van der Waals surface area contributed by atoms with Crippen molar-refractivity contribution in [2.24, 2.45) is 0 Å². The number of carbonyl (C=O) groups is 3. The Hall–Kier alpha value is -3.35. The van der Waals surface area contributed by atoms with Crippen molar-refractivity contribution in [1.82, 2.24) is 5.32 Å². The van der Waals surface area contributed by atoms with Crippen molar-refractivity contribution in [2.45, 2.75) is 19.4 Å². The minimum Gasteiger partial charge on any atom is -0.462 e. The zero-order chi connectivity index (χ0) is 19.2. The van der Waals surface area contributed by atoms with Crippen LogP contribution in [0.15, 0.2) is 54.6 Å². The van der Waals surface area contributed by atoms with E-state index >= 15 is 0 Å². The molecule has 0 aromatic heterocycles. The number of benzene rings is 2. The van der Waals surface area contributed by atoms with E-state index in [-0.39, 0.29) is 12.5 Å². The number of amides is 3. The highest BCUT2D eigenvalue weighted by Gasteiger charge is 2.33. The van der Waals surface area contributed by atoms with Gasteiger partial charge in [0, 0.05) is 17.9 Å². The third-order valence-electron chi connectivity index (χ3n) is 4.21. The first kappa shape index (κ1) is 18.4. The molecule has 1 atom stereocenters. The fourth-order valence-electron chi connectivity index (χ4n) is 2.94. The second-order valence-corrected chi connectivity index (χ2v) is 6.07. The van der Waals surface area contributed by atoms with E-state index in [4.69, 9.17) is 4.74 Å². The number of ether oxygens (including phenoxy) is 1. The summed E-state index contributed by atoms with van der Waals surface area (Å²) in [4.78, 5) is 38.2. The lowest BCUT2D eigenvalue weighted by atomic mass is 10.2. The highest BCUT2D eigenvalue weighted by Crippen LogP contribution is 2.21. The summed E-state index contributed by atoms with van der Waals surface area (Å²) in [6.07, 6.45) is 0.532. The number of para-hydroxylation sites is 1. The van der Waals surface area contributed by atoms with Crippen LogP contribution in [0.4, 0.5) is 16.2 Å². The molecule has 1 saturated heterocycles. The summed E-state index contributed by atoms with van der Waals surface area (Å²) >= 11 is 0. The highest BCUT2D eigenvalue weighted by atomic mass is 16.5. The number of esters is 1. The van der Waals surface area contributed by atoms with Gasteiger partial charge in [0.1, 0.15) is 6.04 Å². The van der Waals surface area contributed by atoms with Gasteiger partial charge in [-0.05, 0) is 43.7 Å². The molecule has 1 heterocycles. The number of carbonyl (C=O) groups excluding carboxylic acids is 3. The van der Waals surface area contributed by atoms with Crippen LogP contribution in [-0.4, -0.2) is 37.1 Å². The molecule has 0 spiro atoms. The average molecular weight is 367 g/mol. The van der Waals surface area contributed by atoms with E-state index in [0.29, 0.717) is 24.2 Å². The van der Waals surface area contributed by atoms with Crippen LogP contribution in [0.3, 0.4) is 0 Å². The Balaban J connectivity index is 1.59. The number of hydrogen-bond acceptors (Lipinski definition) is 4. The van der Waals surface area contributed by atoms with Crippen molar-refractivity contribution in [3.05, 3.63) is 60.2 Å². The number of urea groups is 1. The molecule has 3 amide bonds. The van der Waals surface area contributed by atoms with Gasteiger partial charge in [0.2, 0.25) is 5.91 Å². The SMILES string of the molecule is CCOC(=O)c1cccc(NC(=O)NC2CCN(c3ccccc3)C2=O)c1. The maximum absolute atomic E-state index is 12.5. The molecule has 0 aliphatic carbocycles. The molecule has 0 radical (unpaired) electrons. The van der Waals surface area contributed by atoms with Crippen LogP contribution in [0.25, 0.3) is 0 Å². The van der Waals surface area contributed by atoms with Crippen molar-refractivity contribution in [2.75, 3.05) is 23.4 Å². The van der Waals surface area contributed by atoms with Crippen LogP contribution in [0.1, 0.15) is 23.7 Å². The number of hydrogen-bond donors (Lipinski definition) is 2. The monoisotopic (exact) mass is 367 g/mol. The number of nitrogens with zero attached hydrogens (tertiary/aromatic N) is 1. The van der Waals surface area contributed by atoms with Gasteiger partial charge in [0.25, 0.3) is 0 Å². The normalized spacial score (nSPS) is 16.1. The van der Waals surface area contributed by atoms with Crippen LogP contribution >= 0.6 is 0 Å². The molecule has 3 rings (SSSR count). The van der Waals surface area contributed by atoms with E-state index in [1.165, 1.54) is 6.07 Å². The van der Waals surface area contributed by atoms with E-state index < -0.39 is 18.0 Å². The Kier molecular flexibility index (Phi) is 5.71. The number of nitrogens with one attached hydrogen (secondary N) is 2. The van der Waals surface area contributed by atoms with Gasteiger partial charge in [-0.2, -0.15) is 0 Å². The Morgan fingerprint density at radius 2 is 1.93 bits per heavy atom. The first-order chi connectivity index (χ1) is 13.1. The first-order valence-corrected chi connectivity index (χ1v) is 8.79. The van der Waals surface area contributed by atoms with Crippen molar-refractivity contribution in [1.29, 1.82) is 0 Å². The lowest BCUT2D eigenvalue weighted by molar-refractivity contribution is -0.118. The number of anilines is 2. The topological polar surface area (TPSA) is 87.7 Å². The van der Waals surface area contributed by atoms with Crippen LogP contribution in [-0.2, 0) is 9.53 Å². The minimum absolute atomic E-state index is 0.142. The summed E-state index contributed by atoms with van der Waals surface area (Å²) < 4.78 is 4.95. The van der Waals surface area contributed by atoms with Gasteiger partial charge in [0.05, 0.1) is 12.2 Å². The highest BCUT2D eigenvalue weighted by molar-refractivity contribution is 6.02. The third kappa shape index (κ3) is 4.44. The van der Waals surface area contributed by atoms with Crippen LogP contribution < -0.4 is 15.5 Å². The fourth-order valence-corrected chi connectivity index (χ4v) is 2.94. The minimum atomic E-state index is -0.585. The molecule has 1 fully saturated rings. The second-order valence-electron chi connectivity index (χ2n) is 6.07. The summed E-state index contributed by atoms with van der Waals surface area (Å²) in [7, 11) is 0. The van der Waals surface area contributed by atoms with E-state index in [9.17, 15) is 14.4 Å². The lowest BCUT2D eigenvalue weighted by Gasteiger charge is -2.17. The zero-order valence-electron chi connectivity index (χ0n) is 15.0. The smallest absolute Gasteiger partial charge is 0.338 e. The molecule has 0 bridgehead atoms. The van der Waals surface area contributed by atoms with Gasteiger partial charge in [0.15, 0.2) is 0 Å². The van der Waals surface area contributed by atoms with Gasteiger partial charge >= 0.3 is 12.0 Å². The largest absolute Gasteiger partial charge is 0.462 e. The zero-order valence-corrected chi connectivity index (χ0v) is 15.0. The second kappa shape index (κ2) is 8.35. The Morgan fingerprint density at radius 3 is 2.67 bits per heavy atom. The Labute approximate surface area is 157 Å². The Bertz CT molecular complexity index is 838. The van der Waals surface area contributed by atoms with E-state index in [1.54, 1.807) is 30.0 Å². The predicted octanol–water partition coefficient (Wildman–Crippen LogP) is 2.79. The lowest BCUT2D eigenvalue weighted by Crippen LogP contribution is -2.43. The summed E-state index contributed by atoms with van der Waals surface area (Å²) in [6.45, 7) is 2.55. The van der Waals surface area contributed by atoms with Gasteiger partial charge in [-0.15, -0.1) is 0 Å². The van der Waals surface area contributed by atoms with Gasteiger partial charge < -0.3 is 20.3 Å². The molecular formula is C20H21N3O4. The maximum Gasteiger partial charge on any atom is 0.338 e. The summed E-state index contributed by atoms with van der Waals surface area (Å²) in [5.74, 6) is -0.595. The van der Waals surface area contributed by atoms with Crippen LogP contribution in [0.2, 0.25) is 0 Å². The number of rotatable bonds is 5. The van der Waals surface area contributed by atoms with E-state index in [1.807, 2.05) is 30.3 Å². The maximum atomic E-state index is 12.5. The van der Waals surface area contributed by atoms with E-state index in [0.717, 1.165) is 5.69 Å². The quantitative estimate of drug-likeness (QED) is 0.796. The Morgan fingerprint density at radius 1 is 1.15 bits per heavy atom. The first-order valence-electron chi connectivity index (χ1n) is 8.79. The molecule has 140 valence electrons. The average Bonchev–Trinajstić information content (AvgIpc) is 3.03. The third-order valence-corrected chi connectivity index (χ3v) is 4.21.